The molecule has 1 aromatic heterocycles. The lowest BCUT2D eigenvalue weighted by molar-refractivity contribution is 0.0895. The Labute approximate surface area is 135 Å². The Morgan fingerprint density at radius 3 is 2.63 bits per heavy atom. The number of nitrogens with one attached hydrogen (secondary N) is 1. The summed E-state index contributed by atoms with van der Waals surface area (Å²) in [7, 11) is 2.15. The SMILES string of the molecule is CN1CCC(C)(CNC(=O)c2cc(Br)c(Br)s2)CC1. The number of hydrogen-bond donors (Lipinski definition) is 1. The molecule has 0 atom stereocenters. The van der Waals surface area contributed by atoms with Gasteiger partial charge in [0.2, 0.25) is 0 Å². The van der Waals surface area contributed by atoms with E-state index >= 15 is 0 Å². The minimum atomic E-state index is 0.0246. The Bertz CT molecular complexity index is 448. The summed E-state index contributed by atoms with van der Waals surface area (Å²) in [6, 6.07) is 1.86. The lowest BCUT2D eigenvalue weighted by Gasteiger charge is -2.37. The summed E-state index contributed by atoms with van der Waals surface area (Å²) in [5.41, 5.74) is 0.230. The number of rotatable bonds is 3. The molecule has 0 spiro atoms. The van der Waals surface area contributed by atoms with E-state index in [2.05, 4.69) is 56.0 Å². The summed E-state index contributed by atoms with van der Waals surface area (Å²) in [5, 5.41) is 3.08. The van der Waals surface area contributed by atoms with E-state index in [1.54, 1.807) is 0 Å². The summed E-state index contributed by atoms with van der Waals surface area (Å²) < 4.78 is 1.90. The van der Waals surface area contributed by atoms with Crippen LogP contribution in [-0.2, 0) is 0 Å². The third kappa shape index (κ3) is 4.03. The van der Waals surface area contributed by atoms with Gasteiger partial charge in [-0.05, 0) is 76.3 Å². The lowest BCUT2D eigenvalue weighted by Crippen LogP contribution is -2.43. The summed E-state index contributed by atoms with van der Waals surface area (Å²) in [4.78, 5) is 15.2. The molecule has 3 nitrogen and oxygen atoms in total. The van der Waals surface area contributed by atoms with Crippen LogP contribution in [0.25, 0.3) is 0 Å². The monoisotopic (exact) mass is 408 g/mol. The quantitative estimate of drug-likeness (QED) is 0.824. The number of halogens is 2. The smallest absolute Gasteiger partial charge is 0.261 e. The van der Waals surface area contributed by atoms with Gasteiger partial charge in [0.05, 0.1) is 8.66 Å². The van der Waals surface area contributed by atoms with Gasteiger partial charge >= 0.3 is 0 Å². The van der Waals surface area contributed by atoms with Crippen molar-refractivity contribution in [3.8, 4) is 0 Å². The highest BCUT2D eigenvalue weighted by molar-refractivity contribution is 9.13. The molecule has 106 valence electrons. The maximum atomic E-state index is 12.1. The van der Waals surface area contributed by atoms with Gasteiger partial charge in [-0.2, -0.15) is 0 Å². The zero-order valence-electron chi connectivity index (χ0n) is 11.1. The molecular formula is C13H18Br2N2OS. The van der Waals surface area contributed by atoms with Crippen LogP contribution in [0.5, 0.6) is 0 Å². The molecule has 1 N–H and O–H groups in total. The minimum Gasteiger partial charge on any atom is -0.351 e. The van der Waals surface area contributed by atoms with Gasteiger partial charge in [0.15, 0.2) is 0 Å². The molecule has 1 amide bonds. The van der Waals surface area contributed by atoms with Crippen LogP contribution in [0.15, 0.2) is 14.3 Å². The maximum absolute atomic E-state index is 12.1. The molecule has 1 saturated heterocycles. The molecule has 0 unspecified atom stereocenters. The third-order valence-corrected chi connectivity index (χ3v) is 6.99. The van der Waals surface area contributed by atoms with Crippen LogP contribution in [0.4, 0.5) is 0 Å². The summed E-state index contributed by atoms with van der Waals surface area (Å²) in [6.07, 6.45) is 2.28. The van der Waals surface area contributed by atoms with Crippen LogP contribution in [0.3, 0.4) is 0 Å². The van der Waals surface area contributed by atoms with Crippen molar-refractivity contribution in [2.24, 2.45) is 5.41 Å². The number of likely N-dealkylation sites (tertiary alicyclic amines) is 1. The predicted molar refractivity (Wildman–Crippen MR) is 86.9 cm³/mol. The first-order valence-electron chi connectivity index (χ1n) is 6.31. The third-order valence-electron chi connectivity index (χ3n) is 3.74. The second kappa shape index (κ2) is 6.24. The molecule has 1 aliphatic rings. The molecule has 1 aromatic rings. The molecule has 0 radical (unpaired) electrons. The predicted octanol–water partition coefficient (Wildman–Crippen LogP) is 3.73. The highest BCUT2D eigenvalue weighted by Crippen LogP contribution is 2.33. The van der Waals surface area contributed by atoms with E-state index in [0.717, 1.165) is 45.6 Å². The Morgan fingerprint density at radius 1 is 1.47 bits per heavy atom. The molecule has 0 aromatic carbocycles. The van der Waals surface area contributed by atoms with E-state index in [1.165, 1.54) is 11.3 Å². The first-order chi connectivity index (χ1) is 8.89. The van der Waals surface area contributed by atoms with Crippen LogP contribution in [0.1, 0.15) is 29.4 Å². The fourth-order valence-corrected chi connectivity index (χ4v) is 4.13. The van der Waals surface area contributed by atoms with E-state index in [4.69, 9.17) is 0 Å². The number of amides is 1. The molecule has 1 fully saturated rings. The average Bonchev–Trinajstić information content (AvgIpc) is 2.71. The van der Waals surface area contributed by atoms with Crippen LogP contribution >= 0.6 is 43.2 Å². The second-order valence-corrected chi connectivity index (χ2v) is 8.75. The molecule has 19 heavy (non-hydrogen) atoms. The summed E-state index contributed by atoms with van der Waals surface area (Å²) in [5.74, 6) is 0.0246. The van der Waals surface area contributed by atoms with Gasteiger partial charge in [-0.3, -0.25) is 4.79 Å². The lowest BCUT2D eigenvalue weighted by atomic mass is 9.80. The van der Waals surface area contributed by atoms with Crippen molar-refractivity contribution in [3.05, 3.63) is 19.2 Å². The van der Waals surface area contributed by atoms with Gasteiger partial charge in [-0.1, -0.05) is 6.92 Å². The van der Waals surface area contributed by atoms with Crippen molar-refractivity contribution in [3.63, 3.8) is 0 Å². The largest absolute Gasteiger partial charge is 0.351 e. The molecule has 0 aliphatic carbocycles. The van der Waals surface area contributed by atoms with Crippen molar-refractivity contribution in [1.82, 2.24) is 10.2 Å². The van der Waals surface area contributed by atoms with Gasteiger partial charge in [0.1, 0.15) is 0 Å². The van der Waals surface area contributed by atoms with Crippen molar-refractivity contribution in [2.75, 3.05) is 26.7 Å². The zero-order valence-corrected chi connectivity index (χ0v) is 15.1. The Balaban J connectivity index is 1.90. The van der Waals surface area contributed by atoms with E-state index < -0.39 is 0 Å². The summed E-state index contributed by atoms with van der Waals surface area (Å²) >= 11 is 8.28. The second-order valence-electron chi connectivity index (χ2n) is 5.53. The highest BCUT2D eigenvalue weighted by Gasteiger charge is 2.29. The number of nitrogens with zero attached hydrogens (tertiary/aromatic N) is 1. The van der Waals surface area contributed by atoms with Crippen LogP contribution in [0.2, 0.25) is 0 Å². The van der Waals surface area contributed by atoms with Gasteiger partial charge in [-0.15, -0.1) is 11.3 Å². The van der Waals surface area contributed by atoms with Crippen LogP contribution < -0.4 is 5.32 Å². The summed E-state index contributed by atoms with van der Waals surface area (Å²) in [6.45, 7) is 5.25. The van der Waals surface area contributed by atoms with Crippen molar-refractivity contribution in [2.45, 2.75) is 19.8 Å². The number of hydrogen-bond acceptors (Lipinski definition) is 3. The Hall–Kier alpha value is 0.0900. The fraction of sp³-hybridized carbons (Fsp3) is 0.615. The number of thiophene rings is 1. The molecule has 2 rings (SSSR count). The number of piperidine rings is 1. The van der Waals surface area contributed by atoms with Crippen LogP contribution in [0, 0.1) is 5.41 Å². The van der Waals surface area contributed by atoms with E-state index in [1.807, 2.05) is 6.07 Å². The van der Waals surface area contributed by atoms with E-state index in [0.29, 0.717) is 0 Å². The topological polar surface area (TPSA) is 32.3 Å². The minimum absolute atomic E-state index is 0.0246. The van der Waals surface area contributed by atoms with Gasteiger partial charge in [0.25, 0.3) is 5.91 Å². The van der Waals surface area contributed by atoms with Gasteiger partial charge < -0.3 is 10.2 Å². The number of carbonyl (C=O) groups is 1. The van der Waals surface area contributed by atoms with Crippen LogP contribution in [-0.4, -0.2) is 37.5 Å². The Morgan fingerprint density at radius 2 is 2.11 bits per heavy atom. The van der Waals surface area contributed by atoms with Gasteiger partial charge in [0, 0.05) is 11.0 Å². The molecule has 0 bridgehead atoms. The zero-order chi connectivity index (χ0) is 14.0. The van der Waals surface area contributed by atoms with Crippen molar-refractivity contribution < 1.29 is 4.79 Å². The van der Waals surface area contributed by atoms with Crippen molar-refractivity contribution >= 4 is 49.1 Å². The first-order valence-corrected chi connectivity index (χ1v) is 8.71. The molecular weight excluding hydrogens is 392 g/mol. The van der Waals surface area contributed by atoms with E-state index in [9.17, 15) is 4.79 Å². The molecule has 2 heterocycles. The standard InChI is InChI=1S/C13H18Br2N2OS/c1-13(3-5-17(2)6-4-13)8-16-12(18)10-7-9(14)11(15)19-10/h7H,3-6,8H2,1-2H3,(H,16,18). The average molecular weight is 410 g/mol. The first kappa shape index (κ1) is 15.5. The fourth-order valence-electron chi connectivity index (χ4n) is 2.17. The highest BCUT2D eigenvalue weighted by atomic mass is 79.9. The normalized spacial score (nSPS) is 19.4. The van der Waals surface area contributed by atoms with Gasteiger partial charge in [-0.25, -0.2) is 0 Å². The molecule has 1 aliphatic heterocycles. The van der Waals surface area contributed by atoms with E-state index in [-0.39, 0.29) is 11.3 Å². The van der Waals surface area contributed by atoms with Crippen molar-refractivity contribution in [1.29, 1.82) is 0 Å². The molecule has 0 saturated carbocycles. The maximum Gasteiger partial charge on any atom is 0.261 e. The molecule has 6 heteroatoms. The number of carbonyl (C=O) groups excluding carboxylic acids is 1. The Kier molecular flexibility index (Phi) is 5.09.